The van der Waals surface area contributed by atoms with E-state index < -0.39 is 0 Å². The molecule has 2 heterocycles. The Morgan fingerprint density at radius 2 is 1.44 bits per heavy atom. The predicted molar refractivity (Wildman–Crippen MR) is 162 cm³/mol. The fraction of sp³-hybridized carbons (Fsp3) is 0.147. The molecule has 2 aliphatic heterocycles. The van der Waals surface area contributed by atoms with Crippen molar-refractivity contribution in [2.75, 3.05) is 0 Å². The molecular formula is C34H29N3OS. The third-order valence-electron chi connectivity index (χ3n) is 7.33. The van der Waals surface area contributed by atoms with Gasteiger partial charge in [-0.15, -0.1) is 0 Å². The fourth-order valence-corrected chi connectivity index (χ4v) is 5.94. The molecule has 4 aromatic carbocycles. The van der Waals surface area contributed by atoms with Crippen molar-refractivity contribution in [1.29, 1.82) is 0 Å². The van der Waals surface area contributed by atoms with Gasteiger partial charge >= 0.3 is 0 Å². The molecule has 0 fully saturated rings. The average Bonchev–Trinajstić information content (AvgIpc) is 3.45. The third kappa shape index (κ3) is 5.10. The second-order valence-corrected chi connectivity index (χ2v) is 10.8. The molecule has 0 radical (unpaired) electrons. The summed E-state index contributed by atoms with van der Waals surface area (Å²) in [7, 11) is 0. The summed E-state index contributed by atoms with van der Waals surface area (Å²) in [6.45, 7) is 4.13. The van der Waals surface area contributed by atoms with Gasteiger partial charge in [0.2, 0.25) is 0 Å². The van der Waals surface area contributed by atoms with Crippen LogP contribution in [0.2, 0.25) is 0 Å². The van der Waals surface area contributed by atoms with Crippen LogP contribution in [0.15, 0.2) is 125 Å². The third-order valence-corrected chi connectivity index (χ3v) is 8.02. The standard InChI is InChI=1S/C34H29N3OS/c1-23-13-17-26(18-14-23)30(38)21-29(25-9-5-3-6-10-25)31-32(27-19-15-24(2)16-20-27)36-34-37(35-22-39-34)33(31)28-11-7-4-8-12-28/h3-20,22,29,33H,21H2,1-2H3. The Labute approximate surface area is 233 Å². The van der Waals surface area contributed by atoms with Crippen LogP contribution in [-0.2, 0) is 0 Å². The molecule has 0 aliphatic carbocycles. The van der Waals surface area contributed by atoms with Crippen molar-refractivity contribution in [1.82, 2.24) is 5.01 Å². The first-order chi connectivity index (χ1) is 19.1. The predicted octanol–water partition coefficient (Wildman–Crippen LogP) is 8.17. The van der Waals surface area contributed by atoms with Crippen molar-refractivity contribution in [2.45, 2.75) is 32.2 Å². The van der Waals surface area contributed by atoms with Crippen LogP contribution in [0.1, 0.15) is 56.6 Å². The molecule has 192 valence electrons. The Morgan fingerprint density at radius 3 is 2.10 bits per heavy atom. The van der Waals surface area contributed by atoms with Gasteiger partial charge in [0.15, 0.2) is 11.0 Å². The minimum absolute atomic E-state index is 0.112. The van der Waals surface area contributed by atoms with Crippen molar-refractivity contribution in [3.8, 4) is 0 Å². The maximum atomic E-state index is 13.8. The lowest BCUT2D eigenvalue weighted by Crippen LogP contribution is -2.33. The summed E-state index contributed by atoms with van der Waals surface area (Å²) in [5.74, 6) is -0.0897. The Hall–Kier alpha value is -4.22. The number of hydrogen-bond acceptors (Lipinski definition) is 5. The highest BCUT2D eigenvalue weighted by atomic mass is 32.2. The lowest BCUT2D eigenvalue weighted by Gasteiger charge is -2.37. The summed E-state index contributed by atoms with van der Waals surface area (Å²) in [6.07, 6.45) is 0.330. The van der Waals surface area contributed by atoms with Crippen molar-refractivity contribution < 1.29 is 4.79 Å². The molecule has 0 spiro atoms. The largest absolute Gasteiger partial charge is 0.294 e. The second-order valence-electron chi connectivity index (χ2n) is 10.0. The van der Waals surface area contributed by atoms with Crippen LogP contribution >= 0.6 is 11.8 Å². The van der Waals surface area contributed by atoms with Gasteiger partial charge < -0.3 is 0 Å². The van der Waals surface area contributed by atoms with Gasteiger partial charge in [-0.3, -0.25) is 4.79 Å². The molecular weight excluding hydrogens is 498 g/mol. The van der Waals surface area contributed by atoms with E-state index in [2.05, 4.69) is 67.6 Å². The lowest BCUT2D eigenvalue weighted by atomic mass is 9.77. The number of hydrogen-bond donors (Lipinski definition) is 0. The molecule has 6 rings (SSSR count). The highest BCUT2D eigenvalue weighted by molar-refractivity contribution is 8.25. The highest BCUT2D eigenvalue weighted by Gasteiger charge is 2.40. The zero-order chi connectivity index (χ0) is 26.8. The molecule has 39 heavy (non-hydrogen) atoms. The van der Waals surface area contributed by atoms with E-state index in [1.165, 1.54) is 17.3 Å². The van der Waals surface area contributed by atoms with Crippen LogP contribution in [0.5, 0.6) is 0 Å². The normalized spacial score (nSPS) is 17.1. The van der Waals surface area contributed by atoms with Crippen LogP contribution in [0.4, 0.5) is 0 Å². The van der Waals surface area contributed by atoms with E-state index in [9.17, 15) is 4.79 Å². The number of amidine groups is 1. The van der Waals surface area contributed by atoms with E-state index in [4.69, 9.17) is 10.1 Å². The molecule has 0 N–H and O–H groups in total. The zero-order valence-electron chi connectivity index (χ0n) is 22.0. The number of thioether (sulfide) groups is 1. The van der Waals surface area contributed by atoms with E-state index in [-0.39, 0.29) is 17.7 Å². The molecule has 2 aliphatic rings. The van der Waals surface area contributed by atoms with Gasteiger partial charge in [-0.2, -0.15) is 5.10 Å². The number of ketones is 1. The number of carbonyl (C=O) groups is 1. The fourth-order valence-electron chi connectivity index (χ4n) is 5.29. The van der Waals surface area contributed by atoms with E-state index in [1.807, 2.05) is 66.0 Å². The first-order valence-electron chi connectivity index (χ1n) is 13.2. The average molecular weight is 528 g/mol. The number of benzene rings is 4. The van der Waals surface area contributed by atoms with E-state index in [1.54, 1.807) is 0 Å². The van der Waals surface area contributed by atoms with Crippen molar-refractivity contribution in [3.05, 3.63) is 148 Å². The summed E-state index contributed by atoms with van der Waals surface area (Å²) in [4.78, 5) is 19.0. The van der Waals surface area contributed by atoms with Crippen LogP contribution in [0.25, 0.3) is 5.70 Å². The maximum absolute atomic E-state index is 13.8. The van der Waals surface area contributed by atoms with Gasteiger partial charge in [-0.1, -0.05) is 120 Å². The monoisotopic (exact) mass is 527 g/mol. The summed E-state index contributed by atoms with van der Waals surface area (Å²) in [5.41, 5.74) is 10.2. The Kier molecular flexibility index (Phi) is 6.99. The van der Waals surface area contributed by atoms with Crippen molar-refractivity contribution >= 4 is 34.0 Å². The Morgan fingerprint density at radius 1 is 0.821 bits per heavy atom. The molecule has 0 aromatic heterocycles. The zero-order valence-corrected chi connectivity index (χ0v) is 22.8. The number of fused-ring (bicyclic) bond motifs is 1. The van der Waals surface area contributed by atoms with Crippen LogP contribution in [0.3, 0.4) is 0 Å². The van der Waals surface area contributed by atoms with Crippen LogP contribution < -0.4 is 0 Å². The smallest absolute Gasteiger partial charge is 0.191 e. The molecule has 0 saturated carbocycles. The molecule has 2 unspecified atom stereocenters. The maximum Gasteiger partial charge on any atom is 0.191 e. The first-order valence-corrected chi connectivity index (χ1v) is 14.0. The minimum atomic E-state index is -0.201. The van der Waals surface area contributed by atoms with Gasteiger partial charge in [-0.25, -0.2) is 10.0 Å². The number of nitrogens with zero attached hydrogens (tertiary/aromatic N) is 3. The number of Topliss-reactive ketones (excluding diaryl/α,β-unsaturated/α-hetero) is 1. The van der Waals surface area contributed by atoms with Crippen molar-refractivity contribution in [2.24, 2.45) is 10.1 Å². The number of rotatable bonds is 7. The molecule has 0 amide bonds. The summed E-state index contributed by atoms with van der Waals surface area (Å²) >= 11 is 1.53. The van der Waals surface area contributed by atoms with Gasteiger partial charge in [0.1, 0.15) is 6.04 Å². The van der Waals surface area contributed by atoms with Crippen LogP contribution in [-0.4, -0.2) is 21.5 Å². The second kappa shape index (κ2) is 10.9. The highest BCUT2D eigenvalue weighted by Crippen LogP contribution is 2.49. The molecule has 5 heteroatoms. The molecule has 4 aromatic rings. The first kappa shape index (κ1) is 25.1. The number of hydrazone groups is 1. The summed E-state index contributed by atoms with van der Waals surface area (Å²) in [5, 5.41) is 7.61. The summed E-state index contributed by atoms with van der Waals surface area (Å²) in [6, 6.07) is 37.0. The van der Waals surface area contributed by atoms with Crippen LogP contribution in [0, 0.1) is 13.8 Å². The van der Waals surface area contributed by atoms with Gasteiger partial charge in [0.25, 0.3) is 0 Å². The van der Waals surface area contributed by atoms with Crippen molar-refractivity contribution in [3.63, 3.8) is 0 Å². The minimum Gasteiger partial charge on any atom is -0.294 e. The Balaban J connectivity index is 1.58. The quantitative estimate of drug-likeness (QED) is 0.228. The number of aryl methyl sites for hydroxylation is 2. The molecule has 2 atom stereocenters. The lowest BCUT2D eigenvalue weighted by molar-refractivity contribution is 0.0975. The van der Waals surface area contributed by atoms with Gasteiger partial charge in [0.05, 0.1) is 11.2 Å². The van der Waals surface area contributed by atoms with Gasteiger partial charge in [-0.05, 0) is 42.3 Å². The van der Waals surface area contributed by atoms with Gasteiger partial charge in [0, 0.05) is 23.5 Å². The van der Waals surface area contributed by atoms with E-state index >= 15 is 0 Å². The number of aliphatic imine (C=N–C) groups is 1. The van der Waals surface area contributed by atoms with E-state index in [0.717, 1.165) is 44.3 Å². The molecule has 4 nitrogen and oxygen atoms in total. The Bertz CT molecular complexity index is 1570. The topological polar surface area (TPSA) is 45.0 Å². The number of carbonyl (C=O) groups excluding carboxylic acids is 1. The molecule has 0 saturated heterocycles. The molecule has 0 bridgehead atoms. The van der Waals surface area contributed by atoms with E-state index in [0.29, 0.717) is 6.42 Å². The summed E-state index contributed by atoms with van der Waals surface area (Å²) < 4.78 is 0. The SMILES string of the molecule is Cc1ccc(C(=O)CC(C2=C(c3ccc(C)cc3)N=C3SC=NN3C2c2ccccc2)c2ccccc2)cc1.